The molecule has 0 spiro atoms. The quantitative estimate of drug-likeness (QED) is 0.631. The molecule has 0 aromatic heterocycles. The molecule has 0 heterocycles. The van der Waals surface area contributed by atoms with E-state index in [1.54, 1.807) is 0 Å². The molecule has 0 bridgehead atoms. The van der Waals surface area contributed by atoms with E-state index < -0.39 is 0 Å². The van der Waals surface area contributed by atoms with Gasteiger partial charge in [-0.15, -0.1) is 0 Å². The van der Waals surface area contributed by atoms with E-state index in [1.165, 1.54) is 0 Å². The average molecular weight is 170 g/mol. The number of benzene rings is 1. The highest BCUT2D eigenvalue weighted by Gasteiger charge is 1.91. The number of halogens is 1. The zero-order valence-electron chi connectivity index (χ0n) is 6.70. The minimum Gasteiger partial charge on any atom is -0.494 e. The van der Waals surface area contributed by atoms with Gasteiger partial charge in [0.05, 0.1) is 13.2 Å². The molecule has 0 amide bonds. The van der Waals surface area contributed by atoms with Crippen LogP contribution in [0.15, 0.2) is 30.3 Å². The third kappa shape index (κ3) is 3.34. The van der Waals surface area contributed by atoms with E-state index in [9.17, 15) is 4.53 Å². The molecule has 1 rings (SSSR count). The Kier molecular flexibility index (Phi) is 4.16. The molecule has 2 nitrogen and oxygen atoms in total. The van der Waals surface area contributed by atoms with Crippen LogP contribution in [0.2, 0.25) is 0 Å². The normalized spacial score (nSPS) is 9.75. The van der Waals surface area contributed by atoms with Crippen LogP contribution in [0.3, 0.4) is 0 Å². The van der Waals surface area contributed by atoms with E-state index in [4.69, 9.17) is 4.74 Å². The Bertz CT molecular complexity index is 201. The first kappa shape index (κ1) is 9.00. The van der Waals surface area contributed by atoms with Gasteiger partial charge in [-0.05, 0) is 16.7 Å². The Morgan fingerprint density at radius 3 is 2.50 bits per heavy atom. The molecule has 0 saturated heterocycles. The van der Waals surface area contributed by atoms with E-state index in [1.807, 2.05) is 30.3 Å². The van der Waals surface area contributed by atoms with Gasteiger partial charge >= 0.3 is 0 Å². The monoisotopic (exact) mass is 170 g/mol. The summed E-state index contributed by atoms with van der Waals surface area (Å²) >= 11 is 0. The average Bonchev–Trinajstić information content (AvgIpc) is 2.14. The Morgan fingerprint density at radius 1 is 1.08 bits per heavy atom. The summed E-state index contributed by atoms with van der Waals surface area (Å²) in [6.45, 7) is 0.570. The molecule has 66 valence electrons. The number of rotatable bonds is 5. The van der Waals surface area contributed by atoms with Gasteiger partial charge in [-0.2, -0.15) is 4.94 Å². The van der Waals surface area contributed by atoms with Crippen LogP contribution in [0, 0.1) is 0 Å². The van der Waals surface area contributed by atoms with Crippen molar-refractivity contribution in [3.8, 4) is 5.75 Å². The van der Waals surface area contributed by atoms with Gasteiger partial charge in [0, 0.05) is 6.42 Å². The van der Waals surface area contributed by atoms with Crippen molar-refractivity contribution in [1.29, 1.82) is 0 Å². The topological polar surface area (TPSA) is 18.5 Å². The van der Waals surface area contributed by atoms with Crippen LogP contribution in [0.1, 0.15) is 6.42 Å². The maximum atomic E-state index is 11.2. The van der Waals surface area contributed by atoms with Crippen LogP contribution < -0.4 is 4.74 Å². The Hall–Kier alpha value is -1.09. The molecule has 1 aromatic carbocycles. The Morgan fingerprint density at radius 2 is 1.83 bits per heavy atom. The van der Waals surface area contributed by atoms with Gasteiger partial charge in [0.25, 0.3) is 0 Å². The maximum Gasteiger partial charge on any atom is 0.119 e. The molecule has 0 aliphatic carbocycles. The van der Waals surface area contributed by atoms with Crippen LogP contribution >= 0.6 is 0 Å². The highest BCUT2D eigenvalue weighted by atomic mass is 19.3. The van der Waals surface area contributed by atoms with Crippen molar-refractivity contribution in [2.45, 2.75) is 6.42 Å². The lowest BCUT2D eigenvalue weighted by Crippen LogP contribution is -1.99. The van der Waals surface area contributed by atoms with E-state index in [2.05, 4.69) is 4.94 Å². The van der Waals surface area contributed by atoms with Gasteiger partial charge in [-0.1, -0.05) is 18.2 Å². The third-order valence-electron chi connectivity index (χ3n) is 1.38. The minimum atomic E-state index is 0.0901. The van der Waals surface area contributed by atoms with E-state index >= 15 is 0 Å². The van der Waals surface area contributed by atoms with Gasteiger partial charge in [0.1, 0.15) is 5.75 Å². The highest BCUT2D eigenvalue weighted by molar-refractivity contribution is 5.20. The largest absolute Gasteiger partial charge is 0.494 e. The molecule has 0 atom stereocenters. The fourth-order valence-corrected chi connectivity index (χ4v) is 0.820. The minimum absolute atomic E-state index is 0.0901. The first-order chi connectivity index (χ1) is 5.93. The summed E-state index contributed by atoms with van der Waals surface area (Å²) in [5.74, 6) is 0.802. The fraction of sp³-hybridized carbons (Fsp3) is 0.333. The van der Waals surface area contributed by atoms with E-state index in [0.717, 1.165) is 5.75 Å². The summed E-state index contributed by atoms with van der Waals surface area (Å²) in [5.41, 5.74) is 0. The van der Waals surface area contributed by atoms with Gasteiger partial charge in [0.2, 0.25) is 0 Å². The van der Waals surface area contributed by atoms with Gasteiger partial charge in [0.15, 0.2) is 0 Å². The number of ether oxygens (including phenoxy) is 1. The zero-order valence-corrected chi connectivity index (χ0v) is 6.70. The van der Waals surface area contributed by atoms with Crippen molar-refractivity contribution < 1.29 is 14.2 Å². The zero-order chi connectivity index (χ0) is 8.65. The lowest BCUT2D eigenvalue weighted by atomic mass is 10.3. The van der Waals surface area contributed by atoms with Gasteiger partial charge in [-0.25, -0.2) is 0 Å². The summed E-state index contributed by atoms with van der Waals surface area (Å²) in [7, 11) is 0. The molecule has 12 heavy (non-hydrogen) atoms. The molecule has 0 radical (unpaired) electrons. The van der Waals surface area contributed by atoms with E-state index in [-0.39, 0.29) is 6.61 Å². The van der Waals surface area contributed by atoms with Crippen molar-refractivity contribution in [2.24, 2.45) is 0 Å². The van der Waals surface area contributed by atoms with Crippen LogP contribution in [-0.2, 0) is 4.94 Å². The van der Waals surface area contributed by atoms with Crippen molar-refractivity contribution in [1.82, 2.24) is 0 Å². The molecular formula is C9H11FO2. The van der Waals surface area contributed by atoms with Crippen molar-refractivity contribution in [2.75, 3.05) is 13.2 Å². The first-order valence-corrected chi connectivity index (χ1v) is 3.85. The van der Waals surface area contributed by atoms with Crippen molar-refractivity contribution >= 4 is 0 Å². The number of para-hydroxylation sites is 1. The highest BCUT2D eigenvalue weighted by Crippen LogP contribution is 2.08. The summed E-state index contributed by atoms with van der Waals surface area (Å²) in [5, 5.41) is 0. The first-order valence-electron chi connectivity index (χ1n) is 3.85. The molecule has 0 N–H and O–H groups in total. The molecule has 0 unspecified atom stereocenters. The van der Waals surface area contributed by atoms with Crippen molar-refractivity contribution in [3.63, 3.8) is 0 Å². The van der Waals surface area contributed by atoms with Crippen LogP contribution in [0.4, 0.5) is 4.53 Å². The molecule has 0 aliphatic heterocycles. The molecule has 0 aliphatic rings. The lowest BCUT2D eigenvalue weighted by Gasteiger charge is -2.03. The summed E-state index contributed by atoms with van der Waals surface area (Å²) in [4.78, 5) is 3.40. The molecule has 3 heteroatoms. The fourth-order valence-electron chi connectivity index (χ4n) is 0.820. The van der Waals surface area contributed by atoms with E-state index in [0.29, 0.717) is 13.0 Å². The molecule has 0 saturated carbocycles. The Labute approximate surface area is 70.8 Å². The number of hydrogen-bond acceptors (Lipinski definition) is 2. The predicted octanol–water partition coefficient (Wildman–Crippen LogP) is 2.36. The SMILES string of the molecule is FOCCCOc1ccccc1. The smallest absolute Gasteiger partial charge is 0.119 e. The summed E-state index contributed by atoms with van der Waals surface area (Å²) in [6.07, 6.45) is 0.561. The number of hydrogen-bond donors (Lipinski definition) is 0. The lowest BCUT2D eigenvalue weighted by molar-refractivity contribution is -0.134. The molecule has 1 aromatic rings. The van der Waals surface area contributed by atoms with Crippen LogP contribution in [-0.4, -0.2) is 13.2 Å². The third-order valence-corrected chi connectivity index (χ3v) is 1.38. The van der Waals surface area contributed by atoms with Gasteiger partial charge < -0.3 is 4.74 Å². The molecule has 0 fully saturated rings. The summed E-state index contributed by atoms with van der Waals surface area (Å²) in [6, 6.07) is 9.41. The molecular weight excluding hydrogens is 159 g/mol. The predicted molar refractivity (Wildman–Crippen MR) is 43.6 cm³/mol. The second-order valence-electron chi connectivity index (χ2n) is 2.33. The maximum absolute atomic E-state index is 11.2. The Balaban J connectivity index is 2.16. The standard InChI is InChI=1S/C9H11FO2/c10-12-8-4-7-11-9-5-2-1-3-6-9/h1-3,5-6H,4,7-8H2. The second-order valence-corrected chi connectivity index (χ2v) is 2.33. The second kappa shape index (κ2) is 5.55. The van der Waals surface area contributed by atoms with Crippen molar-refractivity contribution in [3.05, 3.63) is 30.3 Å². The summed E-state index contributed by atoms with van der Waals surface area (Å²) < 4.78 is 16.4. The van der Waals surface area contributed by atoms with Crippen LogP contribution in [0.25, 0.3) is 0 Å². The van der Waals surface area contributed by atoms with Gasteiger partial charge in [-0.3, -0.25) is 0 Å². The van der Waals surface area contributed by atoms with Crippen LogP contribution in [0.5, 0.6) is 5.75 Å².